The summed E-state index contributed by atoms with van der Waals surface area (Å²) in [6, 6.07) is 3.33. The number of nitrogens with one attached hydrogen (secondary N) is 1. The Labute approximate surface area is 209 Å². The summed E-state index contributed by atoms with van der Waals surface area (Å²) in [4.78, 5) is 22.4. The Morgan fingerprint density at radius 1 is 1.22 bits per heavy atom. The van der Waals surface area contributed by atoms with Crippen LogP contribution in [0.2, 0.25) is 0 Å². The van der Waals surface area contributed by atoms with Crippen molar-refractivity contribution >= 4 is 11.7 Å². The van der Waals surface area contributed by atoms with Crippen molar-refractivity contribution in [1.82, 2.24) is 15.2 Å². The number of rotatable bonds is 5. The molecule has 1 aromatic rings. The molecule has 1 aromatic heterocycles. The van der Waals surface area contributed by atoms with E-state index in [2.05, 4.69) is 20.1 Å². The first kappa shape index (κ1) is 24.4. The van der Waals surface area contributed by atoms with Gasteiger partial charge < -0.3 is 24.6 Å². The van der Waals surface area contributed by atoms with Crippen LogP contribution in [0.1, 0.15) is 50.5 Å². The van der Waals surface area contributed by atoms with E-state index in [-0.39, 0.29) is 29.6 Å². The predicted molar refractivity (Wildman–Crippen MR) is 126 cm³/mol. The minimum absolute atomic E-state index is 0.0462. The van der Waals surface area contributed by atoms with Crippen molar-refractivity contribution in [1.29, 1.82) is 0 Å². The lowest BCUT2D eigenvalue weighted by Gasteiger charge is -2.40. The van der Waals surface area contributed by atoms with Gasteiger partial charge in [0.25, 0.3) is 0 Å². The van der Waals surface area contributed by atoms with Crippen LogP contribution in [0.3, 0.4) is 0 Å². The Hall–Kier alpha value is -1.91. The smallest absolute Gasteiger partial charge is 0.379 e. The molecule has 7 nitrogen and oxygen atoms in total. The molecule has 0 aromatic carbocycles. The number of anilines is 1. The maximum atomic E-state index is 14.1. The minimum atomic E-state index is -4.39. The first-order valence-electron chi connectivity index (χ1n) is 13.3. The van der Waals surface area contributed by atoms with E-state index in [1.54, 1.807) is 7.11 Å². The summed E-state index contributed by atoms with van der Waals surface area (Å²) in [7, 11) is 1.73. The molecule has 3 saturated heterocycles. The van der Waals surface area contributed by atoms with Gasteiger partial charge in [-0.1, -0.05) is 6.42 Å². The number of amides is 1. The maximum absolute atomic E-state index is 14.1. The molecular weight excluding hydrogens is 473 g/mol. The summed E-state index contributed by atoms with van der Waals surface area (Å²) in [6.07, 6.45) is 3.41. The Kier molecular flexibility index (Phi) is 6.20. The zero-order valence-corrected chi connectivity index (χ0v) is 20.7. The van der Waals surface area contributed by atoms with Crippen molar-refractivity contribution < 1.29 is 27.4 Å². The van der Waals surface area contributed by atoms with Crippen LogP contribution in [-0.4, -0.2) is 79.5 Å². The highest BCUT2D eigenvalue weighted by Gasteiger charge is 2.59. The molecule has 2 saturated carbocycles. The Balaban J connectivity index is 1.12. The van der Waals surface area contributed by atoms with Gasteiger partial charge in [-0.2, -0.15) is 13.2 Å². The Bertz CT molecular complexity index is 976. The largest absolute Gasteiger partial charge is 0.417 e. The SMILES string of the molecule is CO[C@@H]1COCC[C@@H]1N[C@@H]1C[C@H]2CCC[C@@]2(C(=O)N2C[C@@H]3C[C@H]2CN3c2ccc(C(F)(F)F)cn2)C1. The third-order valence-electron chi connectivity index (χ3n) is 9.49. The quantitative estimate of drug-likeness (QED) is 0.659. The second-order valence-electron chi connectivity index (χ2n) is 11.3. The lowest BCUT2D eigenvalue weighted by Crippen LogP contribution is -2.54. The van der Waals surface area contributed by atoms with Gasteiger partial charge in [-0.3, -0.25) is 4.79 Å². The maximum Gasteiger partial charge on any atom is 0.417 e. The van der Waals surface area contributed by atoms with Gasteiger partial charge >= 0.3 is 6.18 Å². The summed E-state index contributed by atoms with van der Waals surface area (Å²) in [5, 5.41) is 3.82. The average molecular weight is 509 g/mol. The molecule has 36 heavy (non-hydrogen) atoms. The van der Waals surface area contributed by atoms with E-state index in [4.69, 9.17) is 9.47 Å². The predicted octanol–water partition coefficient (Wildman–Crippen LogP) is 3.23. The second kappa shape index (κ2) is 9.13. The average Bonchev–Trinajstić information content (AvgIpc) is 3.63. The number of nitrogens with zero attached hydrogens (tertiary/aromatic N) is 3. The van der Waals surface area contributed by atoms with Crippen LogP contribution in [0.15, 0.2) is 18.3 Å². The molecule has 10 heteroatoms. The fourth-order valence-corrected chi connectivity index (χ4v) is 7.76. The number of pyridine rings is 1. The van der Waals surface area contributed by atoms with Gasteiger partial charge in [0.15, 0.2) is 0 Å². The number of aromatic nitrogens is 1. The number of ether oxygens (including phenoxy) is 2. The Morgan fingerprint density at radius 2 is 2.08 bits per heavy atom. The summed E-state index contributed by atoms with van der Waals surface area (Å²) >= 11 is 0. The molecule has 7 atom stereocenters. The van der Waals surface area contributed by atoms with Crippen LogP contribution in [-0.2, 0) is 20.4 Å². The van der Waals surface area contributed by atoms with Gasteiger partial charge in [0.1, 0.15) is 5.82 Å². The first-order valence-corrected chi connectivity index (χ1v) is 13.3. The number of methoxy groups -OCH3 is 1. The number of carbonyl (C=O) groups is 1. The third kappa shape index (κ3) is 4.09. The van der Waals surface area contributed by atoms with Gasteiger partial charge in [0, 0.05) is 45.1 Å². The molecule has 1 N–H and O–H groups in total. The lowest BCUT2D eigenvalue weighted by atomic mass is 9.78. The van der Waals surface area contributed by atoms with E-state index in [9.17, 15) is 18.0 Å². The standard InChI is InChI=1S/C26H35F3N4O3/c1-35-22-15-36-8-6-21(22)31-18-9-16-3-2-7-25(16,11-18)24(34)33-14-19-10-20(33)13-32(19)23-5-4-17(12-30-23)26(27,28)29/h4-5,12,16,18-22,31H,2-3,6-11,13-15H2,1H3/t16-,18-,19+,20+,21+,22-,25-/m1/s1. The zero-order valence-electron chi connectivity index (χ0n) is 20.7. The van der Waals surface area contributed by atoms with Gasteiger partial charge in [-0.05, 0) is 56.6 Å². The number of piperazine rings is 1. The van der Waals surface area contributed by atoms with Crippen molar-refractivity contribution in [3.63, 3.8) is 0 Å². The zero-order chi connectivity index (χ0) is 25.1. The van der Waals surface area contributed by atoms with E-state index in [1.807, 2.05) is 0 Å². The highest BCUT2D eigenvalue weighted by Crippen LogP contribution is 2.56. The van der Waals surface area contributed by atoms with E-state index in [0.29, 0.717) is 43.4 Å². The molecule has 0 spiro atoms. The number of hydrogen-bond acceptors (Lipinski definition) is 6. The van der Waals surface area contributed by atoms with Crippen molar-refractivity contribution in [2.45, 2.75) is 81.4 Å². The van der Waals surface area contributed by atoms with Crippen LogP contribution in [0.25, 0.3) is 0 Å². The van der Waals surface area contributed by atoms with E-state index in [0.717, 1.165) is 63.8 Å². The van der Waals surface area contributed by atoms with Crippen molar-refractivity contribution in [2.75, 3.05) is 38.3 Å². The van der Waals surface area contributed by atoms with Crippen LogP contribution < -0.4 is 10.2 Å². The van der Waals surface area contributed by atoms with Crippen LogP contribution in [0.4, 0.5) is 19.0 Å². The third-order valence-corrected chi connectivity index (χ3v) is 9.49. The summed E-state index contributed by atoms with van der Waals surface area (Å²) < 4.78 is 50.0. The first-order chi connectivity index (χ1) is 17.3. The number of fused-ring (bicyclic) bond motifs is 3. The molecule has 1 amide bonds. The van der Waals surface area contributed by atoms with E-state index in [1.165, 1.54) is 6.07 Å². The monoisotopic (exact) mass is 508 g/mol. The number of likely N-dealkylation sites (tertiary alicyclic amines) is 1. The fourth-order valence-electron chi connectivity index (χ4n) is 7.76. The molecule has 2 aliphatic carbocycles. The molecule has 198 valence electrons. The van der Waals surface area contributed by atoms with Gasteiger partial charge in [0.2, 0.25) is 5.91 Å². The van der Waals surface area contributed by atoms with Gasteiger partial charge in [0.05, 0.1) is 35.8 Å². The minimum Gasteiger partial charge on any atom is -0.379 e. The van der Waals surface area contributed by atoms with Gasteiger partial charge in [-0.15, -0.1) is 0 Å². The van der Waals surface area contributed by atoms with Crippen molar-refractivity contribution in [2.24, 2.45) is 11.3 Å². The van der Waals surface area contributed by atoms with Crippen molar-refractivity contribution in [3.05, 3.63) is 23.9 Å². The van der Waals surface area contributed by atoms with E-state index < -0.39 is 11.7 Å². The second-order valence-corrected chi connectivity index (χ2v) is 11.3. The van der Waals surface area contributed by atoms with E-state index >= 15 is 0 Å². The van der Waals surface area contributed by atoms with Crippen LogP contribution in [0, 0.1) is 11.3 Å². The number of halogens is 3. The molecule has 5 aliphatic rings. The number of carbonyl (C=O) groups excluding carboxylic acids is 1. The summed E-state index contributed by atoms with van der Waals surface area (Å²) in [6.45, 7) is 2.60. The molecular formula is C26H35F3N4O3. The molecule has 0 unspecified atom stereocenters. The number of hydrogen-bond donors (Lipinski definition) is 1. The topological polar surface area (TPSA) is 66.9 Å². The van der Waals surface area contributed by atoms with Crippen molar-refractivity contribution in [3.8, 4) is 0 Å². The summed E-state index contributed by atoms with van der Waals surface area (Å²) in [5.74, 6) is 1.28. The molecule has 0 radical (unpaired) electrons. The van der Waals surface area contributed by atoms with Crippen LogP contribution >= 0.6 is 0 Å². The lowest BCUT2D eigenvalue weighted by molar-refractivity contribution is -0.144. The summed E-state index contributed by atoms with van der Waals surface area (Å²) in [5.41, 5.74) is -1.02. The van der Waals surface area contributed by atoms with Gasteiger partial charge in [-0.25, -0.2) is 4.98 Å². The van der Waals surface area contributed by atoms with Crippen LogP contribution in [0.5, 0.6) is 0 Å². The Morgan fingerprint density at radius 3 is 2.78 bits per heavy atom. The molecule has 5 fully saturated rings. The fraction of sp³-hybridized carbons (Fsp3) is 0.769. The molecule has 6 rings (SSSR count). The highest BCUT2D eigenvalue weighted by molar-refractivity contribution is 5.85. The number of alkyl halides is 3. The molecule has 2 bridgehead atoms. The molecule has 3 aliphatic heterocycles. The highest BCUT2D eigenvalue weighted by atomic mass is 19.4. The molecule has 4 heterocycles. The normalized spacial score (nSPS) is 38.1.